The van der Waals surface area contributed by atoms with Gasteiger partial charge in [-0.1, -0.05) is 13.3 Å². The fourth-order valence-corrected chi connectivity index (χ4v) is 2.48. The highest BCUT2D eigenvalue weighted by atomic mass is 15.1. The highest BCUT2D eigenvalue weighted by Crippen LogP contribution is 2.25. The maximum absolute atomic E-state index is 3.61. The lowest BCUT2D eigenvalue weighted by atomic mass is 9.81. The van der Waals surface area contributed by atoms with Crippen LogP contribution in [-0.4, -0.2) is 25.2 Å². The third kappa shape index (κ3) is 1.42. The predicted octanol–water partition coefficient (Wildman–Crippen LogP) is 0.736. The maximum Gasteiger partial charge on any atom is 0.0247 e. The van der Waals surface area contributed by atoms with Crippen molar-refractivity contribution in [2.45, 2.75) is 38.3 Å². The van der Waals surface area contributed by atoms with Gasteiger partial charge in [0.15, 0.2) is 0 Å². The van der Waals surface area contributed by atoms with Crippen LogP contribution in [0.2, 0.25) is 0 Å². The fraction of sp³-hybridized carbons (Fsp3) is 1.00. The molecule has 0 spiro atoms. The summed E-state index contributed by atoms with van der Waals surface area (Å²) in [4.78, 5) is 0. The first-order valence-corrected chi connectivity index (χ1v) is 4.84. The van der Waals surface area contributed by atoms with Crippen molar-refractivity contribution < 1.29 is 0 Å². The molecule has 2 rings (SSSR count). The molecule has 0 amide bonds. The Bertz CT molecular complexity index is 134. The van der Waals surface area contributed by atoms with E-state index in [0.717, 1.165) is 31.1 Å². The van der Waals surface area contributed by atoms with E-state index < -0.39 is 0 Å². The van der Waals surface area contributed by atoms with Crippen LogP contribution in [0.1, 0.15) is 26.2 Å². The third-order valence-corrected chi connectivity index (χ3v) is 3.13. The van der Waals surface area contributed by atoms with Gasteiger partial charge in [-0.05, 0) is 18.8 Å². The van der Waals surface area contributed by atoms with E-state index in [0.29, 0.717) is 0 Å². The average molecular weight is 154 g/mol. The van der Waals surface area contributed by atoms with Crippen LogP contribution in [0.25, 0.3) is 0 Å². The lowest BCUT2D eigenvalue weighted by Crippen LogP contribution is -2.59. The number of piperazine rings is 1. The van der Waals surface area contributed by atoms with E-state index in [-0.39, 0.29) is 0 Å². The molecule has 1 saturated carbocycles. The first-order chi connectivity index (χ1) is 5.38. The van der Waals surface area contributed by atoms with Crippen molar-refractivity contribution in [2.75, 3.05) is 13.1 Å². The molecule has 0 radical (unpaired) electrons. The van der Waals surface area contributed by atoms with Gasteiger partial charge in [-0.3, -0.25) is 0 Å². The Morgan fingerprint density at radius 1 is 1.09 bits per heavy atom. The summed E-state index contributed by atoms with van der Waals surface area (Å²) in [7, 11) is 0. The molecule has 1 saturated heterocycles. The van der Waals surface area contributed by atoms with Gasteiger partial charge in [0.25, 0.3) is 0 Å². The van der Waals surface area contributed by atoms with Crippen LogP contribution >= 0.6 is 0 Å². The highest BCUT2D eigenvalue weighted by molar-refractivity contribution is 4.93. The second-order valence-corrected chi connectivity index (χ2v) is 3.95. The second kappa shape index (κ2) is 3.11. The molecule has 1 aliphatic heterocycles. The van der Waals surface area contributed by atoms with Crippen molar-refractivity contribution in [1.29, 1.82) is 0 Å². The summed E-state index contributed by atoms with van der Waals surface area (Å²) in [6.45, 7) is 4.69. The minimum Gasteiger partial charge on any atom is -0.311 e. The predicted molar refractivity (Wildman–Crippen MR) is 46.6 cm³/mol. The molecule has 3 atom stereocenters. The zero-order chi connectivity index (χ0) is 7.68. The summed E-state index contributed by atoms with van der Waals surface area (Å²) in [5.41, 5.74) is 0. The van der Waals surface area contributed by atoms with Crippen molar-refractivity contribution in [3.8, 4) is 0 Å². The fourth-order valence-electron chi connectivity index (χ4n) is 2.48. The summed E-state index contributed by atoms with van der Waals surface area (Å²) in [6.07, 6.45) is 4.20. The van der Waals surface area contributed by atoms with Crippen LogP contribution in [0, 0.1) is 5.92 Å². The molecule has 2 nitrogen and oxygen atoms in total. The maximum atomic E-state index is 3.61. The Kier molecular flexibility index (Phi) is 2.14. The van der Waals surface area contributed by atoms with Crippen molar-refractivity contribution >= 4 is 0 Å². The van der Waals surface area contributed by atoms with Crippen LogP contribution < -0.4 is 10.6 Å². The third-order valence-electron chi connectivity index (χ3n) is 3.13. The molecule has 3 unspecified atom stereocenters. The van der Waals surface area contributed by atoms with Gasteiger partial charge in [-0.15, -0.1) is 0 Å². The Morgan fingerprint density at radius 3 is 2.73 bits per heavy atom. The molecule has 0 bridgehead atoms. The molecule has 0 aromatic heterocycles. The van der Waals surface area contributed by atoms with Gasteiger partial charge in [0.1, 0.15) is 0 Å². The van der Waals surface area contributed by atoms with Gasteiger partial charge >= 0.3 is 0 Å². The summed E-state index contributed by atoms with van der Waals surface area (Å²) in [5, 5.41) is 7.20. The standard InChI is InChI=1S/C9H18N2/c1-7-3-2-4-8-9(7)11-6-5-10-8/h7-11H,2-6H2,1H3. The first kappa shape index (κ1) is 7.56. The number of rotatable bonds is 0. The van der Waals surface area contributed by atoms with Crippen LogP contribution in [0.15, 0.2) is 0 Å². The van der Waals surface area contributed by atoms with Crippen LogP contribution in [0.5, 0.6) is 0 Å². The summed E-state index contributed by atoms with van der Waals surface area (Å²) in [5.74, 6) is 0.876. The highest BCUT2D eigenvalue weighted by Gasteiger charge is 2.31. The zero-order valence-electron chi connectivity index (χ0n) is 7.27. The minimum atomic E-state index is 0.762. The van der Waals surface area contributed by atoms with Crippen molar-refractivity contribution in [3.63, 3.8) is 0 Å². The molecule has 1 heterocycles. The monoisotopic (exact) mass is 154 g/mol. The van der Waals surface area contributed by atoms with Gasteiger partial charge in [0.05, 0.1) is 0 Å². The molecule has 0 aromatic rings. The largest absolute Gasteiger partial charge is 0.311 e. The lowest BCUT2D eigenvalue weighted by molar-refractivity contribution is 0.191. The molecule has 2 heteroatoms. The Hall–Kier alpha value is -0.0800. The molecule has 11 heavy (non-hydrogen) atoms. The van der Waals surface area contributed by atoms with Crippen molar-refractivity contribution in [1.82, 2.24) is 10.6 Å². The van der Waals surface area contributed by atoms with Gasteiger partial charge in [-0.2, -0.15) is 0 Å². The zero-order valence-corrected chi connectivity index (χ0v) is 7.27. The topological polar surface area (TPSA) is 24.1 Å². The van der Waals surface area contributed by atoms with E-state index in [9.17, 15) is 0 Å². The van der Waals surface area contributed by atoms with E-state index >= 15 is 0 Å². The number of hydrogen-bond donors (Lipinski definition) is 2. The summed E-state index contributed by atoms with van der Waals surface area (Å²) >= 11 is 0. The smallest absolute Gasteiger partial charge is 0.0247 e. The Morgan fingerprint density at radius 2 is 1.91 bits per heavy atom. The van der Waals surface area contributed by atoms with Crippen LogP contribution in [-0.2, 0) is 0 Å². The van der Waals surface area contributed by atoms with Crippen LogP contribution in [0.4, 0.5) is 0 Å². The average Bonchev–Trinajstić information content (AvgIpc) is 2.06. The molecule has 0 aromatic carbocycles. The first-order valence-electron chi connectivity index (χ1n) is 4.84. The molecule has 1 aliphatic carbocycles. The summed E-state index contributed by atoms with van der Waals surface area (Å²) < 4.78 is 0. The minimum absolute atomic E-state index is 0.762. The van der Waals surface area contributed by atoms with E-state index in [2.05, 4.69) is 17.6 Å². The van der Waals surface area contributed by atoms with E-state index in [1.165, 1.54) is 19.3 Å². The Labute approximate surface area is 68.7 Å². The Balaban J connectivity index is 1.99. The quantitative estimate of drug-likeness (QED) is 0.537. The van der Waals surface area contributed by atoms with Crippen LogP contribution in [0.3, 0.4) is 0 Å². The summed E-state index contributed by atoms with van der Waals surface area (Å²) in [6, 6.07) is 1.53. The number of hydrogen-bond acceptors (Lipinski definition) is 2. The molecular weight excluding hydrogens is 136 g/mol. The van der Waals surface area contributed by atoms with Crippen molar-refractivity contribution in [2.24, 2.45) is 5.92 Å². The normalized spacial score (nSPS) is 45.0. The molecule has 2 aliphatic rings. The lowest BCUT2D eigenvalue weighted by Gasteiger charge is -2.41. The SMILES string of the molecule is CC1CCCC2NCCNC12. The van der Waals surface area contributed by atoms with Gasteiger partial charge < -0.3 is 10.6 Å². The van der Waals surface area contributed by atoms with Gasteiger partial charge in [0.2, 0.25) is 0 Å². The number of fused-ring (bicyclic) bond motifs is 1. The molecule has 2 N–H and O–H groups in total. The van der Waals surface area contributed by atoms with Gasteiger partial charge in [-0.25, -0.2) is 0 Å². The van der Waals surface area contributed by atoms with E-state index in [1.807, 2.05) is 0 Å². The number of nitrogens with one attached hydrogen (secondary N) is 2. The van der Waals surface area contributed by atoms with E-state index in [1.54, 1.807) is 0 Å². The molecule has 2 fully saturated rings. The van der Waals surface area contributed by atoms with Gasteiger partial charge in [0, 0.05) is 25.2 Å². The second-order valence-electron chi connectivity index (χ2n) is 3.95. The molecular formula is C9H18N2. The molecule has 64 valence electrons. The van der Waals surface area contributed by atoms with Crippen molar-refractivity contribution in [3.05, 3.63) is 0 Å². The van der Waals surface area contributed by atoms with E-state index in [4.69, 9.17) is 0 Å².